The largest absolute Gasteiger partial charge is 0.491 e. The van der Waals surface area contributed by atoms with Crippen LogP contribution >= 0.6 is 0 Å². The molecule has 3 nitrogen and oxygen atoms in total. The van der Waals surface area contributed by atoms with E-state index in [1.807, 2.05) is 49.4 Å². The average Bonchev–Trinajstić information content (AvgIpc) is 2.77. The molecule has 0 spiro atoms. The van der Waals surface area contributed by atoms with E-state index in [0.717, 1.165) is 42.3 Å². The lowest BCUT2D eigenvalue weighted by molar-refractivity contribution is 0.0988. The molecule has 3 heteroatoms. The molecule has 1 aliphatic heterocycles. The molecule has 2 aromatic carbocycles. The number of Topliss-reactive ketones (excluding diaryl/α,β-unsaturated/α-hetero) is 1. The molecule has 0 N–H and O–H groups in total. The van der Waals surface area contributed by atoms with Crippen molar-refractivity contribution in [1.29, 1.82) is 0 Å². The van der Waals surface area contributed by atoms with E-state index in [0.29, 0.717) is 6.42 Å². The van der Waals surface area contributed by atoms with Crippen LogP contribution in [0.1, 0.15) is 30.1 Å². The normalized spacial score (nSPS) is 14.0. The Morgan fingerprint density at radius 1 is 1.14 bits per heavy atom. The second kappa shape index (κ2) is 6.00. The third-order valence-corrected chi connectivity index (χ3v) is 3.76. The molecule has 0 radical (unpaired) electrons. The number of para-hydroxylation sites is 2. The van der Waals surface area contributed by atoms with Crippen LogP contribution in [0.25, 0.3) is 0 Å². The number of carbonyl (C=O) groups is 1. The van der Waals surface area contributed by atoms with Crippen LogP contribution in [0.4, 0.5) is 11.4 Å². The van der Waals surface area contributed by atoms with Crippen molar-refractivity contribution in [2.75, 3.05) is 18.1 Å². The van der Waals surface area contributed by atoms with E-state index in [-0.39, 0.29) is 5.78 Å². The molecule has 0 unspecified atom stereocenters. The van der Waals surface area contributed by atoms with E-state index in [1.54, 1.807) is 0 Å². The first-order valence-corrected chi connectivity index (χ1v) is 7.42. The van der Waals surface area contributed by atoms with Gasteiger partial charge in [-0.25, -0.2) is 0 Å². The molecule has 0 saturated heterocycles. The molecular weight excluding hydrogens is 262 g/mol. The maximum absolute atomic E-state index is 11.7. The lowest BCUT2D eigenvalue weighted by atomic mass is 10.1. The first-order valence-electron chi connectivity index (χ1n) is 7.42. The molecule has 1 heterocycles. The number of anilines is 2. The predicted octanol–water partition coefficient (Wildman–Crippen LogP) is 4.20. The van der Waals surface area contributed by atoms with Gasteiger partial charge in [0.2, 0.25) is 0 Å². The quantitative estimate of drug-likeness (QED) is 0.790. The molecule has 0 bridgehead atoms. The smallest absolute Gasteiger partial charge is 0.162 e. The maximum Gasteiger partial charge on any atom is 0.162 e. The van der Waals surface area contributed by atoms with Gasteiger partial charge in [-0.15, -0.1) is 0 Å². The SMILES string of the molecule is CCC(=O)c1ccc(N2CCCOc3ccccc32)cc1. The number of benzene rings is 2. The standard InChI is InChI=1S/C18H19NO2/c1-2-17(20)14-8-10-15(11-9-14)19-12-5-13-21-18-7-4-3-6-16(18)19/h3-4,6-11H,2,5,12-13H2,1H3. The van der Waals surface area contributed by atoms with Crippen LogP contribution in [-0.2, 0) is 0 Å². The van der Waals surface area contributed by atoms with Crippen molar-refractivity contribution in [3.8, 4) is 5.75 Å². The zero-order chi connectivity index (χ0) is 14.7. The fourth-order valence-electron chi connectivity index (χ4n) is 2.63. The summed E-state index contributed by atoms with van der Waals surface area (Å²) < 4.78 is 5.78. The number of hydrogen-bond acceptors (Lipinski definition) is 3. The summed E-state index contributed by atoms with van der Waals surface area (Å²) in [6.07, 6.45) is 1.52. The number of ketones is 1. The van der Waals surface area contributed by atoms with Crippen molar-refractivity contribution < 1.29 is 9.53 Å². The van der Waals surface area contributed by atoms with Crippen molar-refractivity contribution in [2.24, 2.45) is 0 Å². The molecule has 108 valence electrons. The van der Waals surface area contributed by atoms with Crippen LogP contribution in [0.5, 0.6) is 5.75 Å². The minimum atomic E-state index is 0.182. The summed E-state index contributed by atoms with van der Waals surface area (Å²) in [7, 11) is 0. The van der Waals surface area contributed by atoms with Gasteiger partial charge in [0.05, 0.1) is 12.3 Å². The second-order valence-electron chi connectivity index (χ2n) is 5.14. The third-order valence-electron chi connectivity index (χ3n) is 3.76. The zero-order valence-corrected chi connectivity index (χ0v) is 12.2. The summed E-state index contributed by atoms with van der Waals surface area (Å²) in [5.74, 6) is 1.10. The van der Waals surface area contributed by atoms with Gasteiger partial charge in [0, 0.05) is 24.2 Å². The number of nitrogens with zero attached hydrogens (tertiary/aromatic N) is 1. The van der Waals surface area contributed by atoms with E-state index in [4.69, 9.17) is 4.74 Å². The lowest BCUT2D eigenvalue weighted by Gasteiger charge is -2.24. The highest BCUT2D eigenvalue weighted by Crippen LogP contribution is 2.35. The van der Waals surface area contributed by atoms with Gasteiger partial charge >= 0.3 is 0 Å². The number of rotatable bonds is 3. The zero-order valence-electron chi connectivity index (χ0n) is 12.2. The maximum atomic E-state index is 11.7. The van der Waals surface area contributed by atoms with Crippen molar-refractivity contribution in [3.63, 3.8) is 0 Å². The monoisotopic (exact) mass is 281 g/mol. The summed E-state index contributed by atoms with van der Waals surface area (Å²) >= 11 is 0. The summed E-state index contributed by atoms with van der Waals surface area (Å²) in [6, 6.07) is 16.0. The Labute approximate surface area is 125 Å². The van der Waals surface area contributed by atoms with E-state index >= 15 is 0 Å². The minimum Gasteiger partial charge on any atom is -0.491 e. The summed E-state index contributed by atoms with van der Waals surface area (Å²) in [4.78, 5) is 14.0. The fourth-order valence-corrected chi connectivity index (χ4v) is 2.63. The number of ether oxygens (including phenoxy) is 1. The highest BCUT2D eigenvalue weighted by atomic mass is 16.5. The van der Waals surface area contributed by atoms with E-state index in [9.17, 15) is 4.79 Å². The first kappa shape index (κ1) is 13.7. The van der Waals surface area contributed by atoms with Crippen LogP contribution in [0.2, 0.25) is 0 Å². The van der Waals surface area contributed by atoms with Gasteiger partial charge in [-0.05, 0) is 42.8 Å². The van der Waals surface area contributed by atoms with Crippen LogP contribution in [0, 0.1) is 0 Å². The van der Waals surface area contributed by atoms with Gasteiger partial charge in [-0.1, -0.05) is 19.1 Å². The fraction of sp³-hybridized carbons (Fsp3) is 0.278. The van der Waals surface area contributed by atoms with Gasteiger partial charge in [-0.3, -0.25) is 4.79 Å². The van der Waals surface area contributed by atoms with Gasteiger partial charge < -0.3 is 9.64 Å². The average molecular weight is 281 g/mol. The Kier molecular flexibility index (Phi) is 3.91. The van der Waals surface area contributed by atoms with Crippen molar-refractivity contribution in [2.45, 2.75) is 19.8 Å². The third kappa shape index (κ3) is 2.77. The van der Waals surface area contributed by atoms with Crippen LogP contribution < -0.4 is 9.64 Å². The number of fused-ring (bicyclic) bond motifs is 1. The summed E-state index contributed by atoms with van der Waals surface area (Å²) in [5.41, 5.74) is 2.96. The number of hydrogen-bond donors (Lipinski definition) is 0. The molecule has 1 aliphatic rings. The Bertz CT molecular complexity index is 634. The van der Waals surface area contributed by atoms with Crippen LogP contribution in [0.15, 0.2) is 48.5 Å². The molecule has 0 fully saturated rings. The molecule has 0 aliphatic carbocycles. The molecular formula is C18H19NO2. The minimum absolute atomic E-state index is 0.182. The van der Waals surface area contributed by atoms with E-state index in [1.165, 1.54) is 0 Å². The Hall–Kier alpha value is -2.29. The van der Waals surface area contributed by atoms with Crippen molar-refractivity contribution in [1.82, 2.24) is 0 Å². The number of carbonyl (C=O) groups excluding carboxylic acids is 1. The van der Waals surface area contributed by atoms with Gasteiger partial charge in [0.15, 0.2) is 5.78 Å². The molecule has 21 heavy (non-hydrogen) atoms. The van der Waals surface area contributed by atoms with Crippen LogP contribution in [-0.4, -0.2) is 18.9 Å². The molecule has 3 rings (SSSR count). The highest BCUT2D eigenvalue weighted by Gasteiger charge is 2.17. The van der Waals surface area contributed by atoms with Crippen LogP contribution in [0.3, 0.4) is 0 Å². The van der Waals surface area contributed by atoms with Crippen molar-refractivity contribution >= 4 is 17.2 Å². The molecule has 0 saturated carbocycles. The highest BCUT2D eigenvalue weighted by molar-refractivity contribution is 5.96. The summed E-state index contributed by atoms with van der Waals surface area (Å²) in [5, 5.41) is 0. The van der Waals surface area contributed by atoms with Gasteiger partial charge in [0.1, 0.15) is 5.75 Å². The Morgan fingerprint density at radius 2 is 1.90 bits per heavy atom. The van der Waals surface area contributed by atoms with E-state index in [2.05, 4.69) is 11.0 Å². The first-order chi connectivity index (χ1) is 10.3. The molecule has 0 aromatic heterocycles. The predicted molar refractivity (Wildman–Crippen MR) is 84.6 cm³/mol. The lowest BCUT2D eigenvalue weighted by Crippen LogP contribution is -2.17. The summed E-state index contributed by atoms with van der Waals surface area (Å²) in [6.45, 7) is 3.54. The van der Waals surface area contributed by atoms with Gasteiger partial charge in [0.25, 0.3) is 0 Å². The van der Waals surface area contributed by atoms with E-state index < -0.39 is 0 Å². The Balaban J connectivity index is 1.94. The topological polar surface area (TPSA) is 29.5 Å². The molecule has 0 atom stereocenters. The van der Waals surface area contributed by atoms with Crippen molar-refractivity contribution in [3.05, 3.63) is 54.1 Å². The Morgan fingerprint density at radius 3 is 2.67 bits per heavy atom. The molecule has 0 amide bonds. The molecule has 2 aromatic rings. The van der Waals surface area contributed by atoms with Gasteiger partial charge in [-0.2, -0.15) is 0 Å². The second-order valence-corrected chi connectivity index (χ2v) is 5.14.